The predicted molar refractivity (Wildman–Crippen MR) is 153 cm³/mol. The Bertz CT molecular complexity index is 1150. The van der Waals surface area contributed by atoms with Crippen LogP contribution in [0.25, 0.3) is 22.2 Å². The second-order valence-corrected chi connectivity index (χ2v) is 10.8. The minimum Gasteiger partial charge on any atom is -0.493 e. The molecule has 3 heterocycles. The van der Waals surface area contributed by atoms with Crippen LogP contribution in [0, 0.1) is 5.92 Å². The maximum absolute atomic E-state index is 6.26. The summed E-state index contributed by atoms with van der Waals surface area (Å²) in [5.41, 5.74) is 4.26. The van der Waals surface area contributed by atoms with Crippen LogP contribution in [-0.2, 0) is 0 Å². The molecule has 0 amide bonds. The number of fused-ring (bicyclic) bond motifs is 1. The molecule has 37 heavy (non-hydrogen) atoms. The molecule has 3 aromatic rings. The highest BCUT2D eigenvalue weighted by Gasteiger charge is 2.21. The van der Waals surface area contributed by atoms with Crippen LogP contribution in [0.15, 0.2) is 48.5 Å². The molecule has 0 radical (unpaired) electrons. The Morgan fingerprint density at radius 2 is 1.73 bits per heavy atom. The van der Waals surface area contributed by atoms with Gasteiger partial charge in [0.1, 0.15) is 0 Å². The van der Waals surface area contributed by atoms with E-state index in [0.717, 1.165) is 53.2 Å². The number of anilines is 1. The lowest BCUT2D eigenvalue weighted by Gasteiger charge is -2.33. The fraction of sp³-hybridized carbons (Fsp3) is 0.516. The van der Waals surface area contributed by atoms with Crippen LogP contribution in [0.5, 0.6) is 11.5 Å². The third-order valence-electron chi connectivity index (χ3n) is 8.00. The monoisotopic (exact) mass is 502 g/mol. The summed E-state index contributed by atoms with van der Waals surface area (Å²) in [5, 5.41) is 1.11. The summed E-state index contributed by atoms with van der Waals surface area (Å²) in [5.74, 6) is 2.25. The molecule has 6 nitrogen and oxygen atoms in total. The van der Waals surface area contributed by atoms with Crippen LogP contribution < -0.4 is 14.4 Å². The van der Waals surface area contributed by atoms with Crippen molar-refractivity contribution in [2.75, 3.05) is 72.0 Å². The first kappa shape index (κ1) is 25.8. The number of ether oxygens (including phenoxy) is 2. The van der Waals surface area contributed by atoms with Gasteiger partial charge in [-0.2, -0.15) is 0 Å². The molecule has 1 aromatic heterocycles. The highest BCUT2D eigenvalue weighted by Crippen LogP contribution is 2.38. The number of aromatic nitrogens is 1. The summed E-state index contributed by atoms with van der Waals surface area (Å²) in [6.45, 7) is 7.61. The highest BCUT2D eigenvalue weighted by molar-refractivity contribution is 5.96. The van der Waals surface area contributed by atoms with E-state index in [1.54, 1.807) is 7.11 Å². The van der Waals surface area contributed by atoms with Crippen molar-refractivity contribution in [2.45, 2.75) is 32.1 Å². The Morgan fingerprint density at radius 3 is 2.46 bits per heavy atom. The number of nitrogens with zero attached hydrogens (tertiary/aromatic N) is 4. The van der Waals surface area contributed by atoms with Crippen LogP contribution in [0.3, 0.4) is 0 Å². The number of piperidine rings is 1. The molecular weight excluding hydrogens is 460 g/mol. The van der Waals surface area contributed by atoms with E-state index in [9.17, 15) is 0 Å². The van der Waals surface area contributed by atoms with Gasteiger partial charge in [-0.3, -0.25) is 0 Å². The molecule has 198 valence electrons. The van der Waals surface area contributed by atoms with Crippen LogP contribution >= 0.6 is 0 Å². The number of benzene rings is 2. The van der Waals surface area contributed by atoms with Gasteiger partial charge in [0.05, 0.1) is 24.9 Å². The van der Waals surface area contributed by atoms with E-state index in [-0.39, 0.29) is 0 Å². The minimum absolute atomic E-state index is 0.680. The van der Waals surface area contributed by atoms with E-state index in [2.05, 4.69) is 77.3 Å². The van der Waals surface area contributed by atoms with Gasteiger partial charge in [-0.1, -0.05) is 30.3 Å². The van der Waals surface area contributed by atoms with Crippen molar-refractivity contribution in [1.29, 1.82) is 0 Å². The molecule has 0 bridgehead atoms. The molecule has 2 fully saturated rings. The van der Waals surface area contributed by atoms with Crippen LogP contribution in [0.1, 0.15) is 32.1 Å². The van der Waals surface area contributed by atoms with Crippen molar-refractivity contribution in [3.63, 3.8) is 0 Å². The molecule has 2 saturated heterocycles. The van der Waals surface area contributed by atoms with Crippen molar-refractivity contribution in [2.24, 2.45) is 5.92 Å². The molecule has 0 spiro atoms. The maximum Gasteiger partial charge on any atom is 0.163 e. The Kier molecular flexibility index (Phi) is 8.47. The van der Waals surface area contributed by atoms with Crippen molar-refractivity contribution in [1.82, 2.24) is 14.8 Å². The van der Waals surface area contributed by atoms with E-state index in [4.69, 9.17) is 14.5 Å². The van der Waals surface area contributed by atoms with Crippen LogP contribution in [0.4, 0.5) is 5.69 Å². The van der Waals surface area contributed by atoms with Crippen LogP contribution in [0.2, 0.25) is 0 Å². The zero-order chi connectivity index (χ0) is 25.6. The molecule has 0 N–H and O–H groups in total. The van der Waals surface area contributed by atoms with Gasteiger partial charge in [-0.05, 0) is 83.4 Å². The fourth-order valence-corrected chi connectivity index (χ4v) is 5.77. The molecule has 0 aliphatic carbocycles. The normalized spacial score (nSPS) is 17.4. The van der Waals surface area contributed by atoms with Gasteiger partial charge in [0.2, 0.25) is 0 Å². The van der Waals surface area contributed by atoms with Crippen LogP contribution in [-0.4, -0.2) is 81.9 Å². The summed E-state index contributed by atoms with van der Waals surface area (Å²) < 4.78 is 12.1. The number of methoxy groups -OCH3 is 1. The molecule has 2 aliphatic rings. The molecule has 0 saturated carbocycles. The zero-order valence-electron chi connectivity index (χ0n) is 22.8. The first-order valence-corrected chi connectivity index (χ1v) is 13.9. The summed E-state index contributed by atoms with van der Waals surface area (Å²) in [4.78, 5) is 12.5. The summed E-state index contributed by atoms with van der Waals surface area (Å²) in [6.07, 6.45) is 6.15. The minimum atomic E-state index is 0.680. The van der Waals surface area contributed by atoms with E-state index in [1.807, 2.05) is 0 Å². The third kappa shape index (κ3) is 6.36. The van der Waals surface area contributed by atoms with Crippen molar-refractivity contribution in [3.8, 4) is 22.8 Å². The third-order valence-corrected chi connectivity index (χ3v) is 8.00. The first-order chi connectivity index (χ1) is 18.1. The molecule has 5 rings (SSSR count). The van der Waals surface area contributed by atoms with Gasteiger partial charge < -0.3 is 24.2 Å². The lowest BCUT2D eigenvalue weighted by molar-refractivity contribution is 0.222. The number of pyridine rings is 1. The second-order valence-electron chi connectivity index (χ2n) is 10.8. The second kappa shape index (κ2) is 12.1. The SMILES string of the molecule is COc1cc2c(N(C)CC3CCN(C)CC3)cc(-c3ccccc3)nc2cc1OCCCN1CCCC1. The topological polar surface area (TPSA) is 41.1 Å². The standard InChI is InChI=1S/C31H42N4O2/c1-33-17-12-24(13-18-33)23-34(2)29-21-27(25-10-5-4-6-11-25)32-28-22-31(30(36-3)20-26(28)29)37-19-9-16-35-14-7-8-15-35/h4-6,10-11,20-22,24H,7-9,12-19,23H2,1-3H3. The van der Waals surface area contributed by atoms with E-state index >= 15 is 0 Å². The molecule has 2 aliphatic heterocycles. The quantitative estimate of drug-likeness (QED) is 0.339. The van der Waals surface area contributed by atoms with Gasteiger partial charge in [-0.25, -0.2) is 4.98 Å². The maximum atomic E-state index is 6.26. The molecule has 0 unspecified atom stereocenters. The smallest absolute Gasteiger partial charge is 0.163 e. The Labute approximate surface area is 222 Å². The van der Waals surface area contributed by atoms with Gasteiger partial charge in [0, 0.05) is 42.8 Å². The van der Waals surface area contributed by atoms with E-state index in [0.29, 0.717) is 12.5 Å². The number of hydrogen-bond acceptors (Lipinski definition) is 6. The first-order valence-electron chi connectivity index (χ1n) is 13.9. The lowest BCUT2D eigenvalue weighted by Crippen LogP contribution is -2.35. The van der Waals surface area contributed by atoms with Crippen molar-refractivity contribution in [3.05, 3.63) is 48.5 Å². The number of rotatable bonds is 10. The average molecular weight is 503 g/mol. The molecule has 0 atom stereocenters. The zero-order valence-corrected chi connectivity index (χ0v) is 22.8. The van der Waals surface area contributed by atoms with Crippen molar-refractivity contribution < 1.29 is 9.47 Å². The summed E-state index contributed by atoms with van der Waals surface area (Å²) in [6, 6.07) is 16.9. The number of hydrogen-bond donors (Lipinski definition) is 0. The molecular formula is C31H42N4O2. The van der Waals surface area contributed by atoms with Crippen molar-refractivity contribution >= 4 is 16.6 Å². The Morgan fingerprint density at radius 1 is 0.973 bits per heavy atom. The fourth-order valence-electron chi connectivity index (χ4n) is 5.77. The van der Waals surface area contributed by atoms with Gasteiger partial charge in [0.25, 0.3) is 0 Å². The molecule has 6 heteroatoms. The summed E-state index contributed by atoms with van der Waals surface area (Å²) >= 11 is 0. The van der Waals surface area contributed by atoms with Gasteiger partial charge >= 0.3 is 0 Å². The van der Waals surface area contributed by atoms with E-state index in [1.165, 1.54) is 57.5 Å². The Balaban J connectivity index is 1.43. The highest BCUT2D eigenvalue weighted by atomic mass is 16.5. The number of likely N-dealkylation sites (tertiary alicyclic amines) is 2. The van der Waals surface area contributed by atoms with Gasteiger partial charge in [-0.15, -0.1) is 0 Å². The van der Waals surface area contributed by atoms with E-state index < -0.39 is 0 Å². The largest absolute Gasteiger partial charge is 0.493 e. The summed E-state index contributed by atoms with van der Waals surface area (Å²) in [7, 11) is 6.17. The lowest BCUT2D eigenvalue weighted by atomic mass is 9.96. The molecule has 2 aromatic carbocycles. The van der Waals surface area contributed by atoms with Gasteiger partial charge in [0.15, 0.2) is 11.5 Å². The Hall–Kier alpha value is -2.83. The average Bonchev–Trinajstić information content (AvgIpc) is 3.45. The predicted octanol–water partition coefficient (Wildman–Crippen LogP) is 5.55.